The Balaban J connectivity index is 2.35. The van der Waals surface area contributed by atoms with Gasteiger partial charge in [0.2, 0.25) is 0 Å². The lowest BCUT2D eigenvalue weighted by molar-refractivity contribution is 0.192. The number of halogens is 1. The number of hydrogen-bond donors (Lipinski definition) is 2. The van der Waals surface area contributed by atoms with Crippen molar-refractivity contribution in [2.24, 2.45) is 0 Å². The van der Waals surface area contributed by atoms with Gasteiger partial charge in [0.25, 0.3) is 0 Å². The lowest BCUT2D eigenvalue weighted by Crippen LogP contribution is -2.15. The van der Waals surface area contributed by atoms with Crippen molar-refractivity contribution in [3.63, 3.8) is 0 Å². The van der Waals surface area contributed by atoms with Gasteiger partial charge in [-0.1, -0.05) is 11.6 Å². The monoisotopic (exact) mass is 287 g/mol. The number of aromatic hydroxyl groups is 1. The molecule has 2 N–H and O–H groups in total. The third-order valence-corrected chi connectivity index (χ3v) is 3.07. The molecule has 5 heteroatoms. The number of ether oxygens (including phenoxy) is 2. The highest BCUT2D eigenvalue weighted by molar-refractivity contribution is 6.30. The molecule has 1 rings (SSSR count). The van der Waals surface area contributed by atoms with E-state index < -0.39 is 0 Å². The second kappa shape index (κ2) is 9.02. The van der Waals surface area contributed by atoms with Crippen LogP contribution >= 0.6 is 11.6 Å². The molecule has 108 valence electrons. The van der Waals surface area contributed by atoms with Gasteiger partial charge in [-0.25, -0.2) is 0 Å². The molecule has 0 saturated heterocycles. The van der Waals surface area contributed by atoms with Crippen LogP contribution in [0.2, 0.25) is 5.02 Å². The number of phenolic OH excluding ortho intramolecular Hbond substituents is 1. The van der Waals surface area contributed by atoms with Crippen LogP contribution in [-0.4, -0.2) is 32.5 Å². The number of phenols is 1. The number of nitrogens with one attached hydrogen (secondary N) is 1. The Bertz CT molecular complexity index is 385. The summed E-state index contributed by atoms with van der Waals surface area (Å²) in [5.41, 5.74) is 0.751. The summed E-state index contributed by atoms with van der Waals surface area (Å²) in [5.74, 6) is 0.558. The van der Waals surface area contributed by atoms with E-state index in [1.807, 2.05) is 0 Å². The third kappa shape index (κ3) is 5.68. The molecule has 0 heterocycles. The van der Waals surface area contributed by atoms with Crippen molar-refractivity contribution in [2.75, 3.05) is 27.4 Å². The van der Waals surface area contributed by atoms with Crippen LogP contribution in [-0.2, 0) is 11.3 Å². The minimum atomic E-state index is 0.152. The molecule has 0 aliphatic rings. The smallest absolute Gasteiger partial charge is 0.162 e. The molecule has 0 aliphatic carbocycles. The van der Waals surface area contributed by atoms with Crippen molar-refractivity contribution in [1.29, 1.82) is 0 Å². The summed E-state index contributed by atoms with van der Waals surface area (Å²) < 4.78 is 10.1. The topological polar surface area (TPSA) is 50.7 Å². The van der Waals surface area contributed by atoms with E-state index >= 15 is 0 Å². The standard InChI is InChI=1S/C14H22ClNO3/c1-18-7-5-3-4-6-16-10-11-8-12(15)9-13(19-2)14(11)17/h8-9,16-17H,3-7,10H2,1-2H3. The van der Waals surface area contributed by atoms with E-state index in [-0.39, 0.29) is 5.75 Å². The highest BCUT2D eigenvalue weighted by Gasteiger charge is 2.09. The highest BCUT2D eigenvalue weighted by atomic mass is 35.5. The molecular weight excluding hydrogens is 266 g/mol. The molecule has 4 nitrogen and oxygen atoms in total. The fourth-order valence-corrected chi connectivity index (χ4v) is 2.05. The van der Waals surface area contributed by atoms with E-state index in [2.05, 4.69) is 5.32 Å². The molecule has 1 aromatic rings. The Labute approximate surface area is 119 Å². The van der Waals surface area contributed by atoms with E-state index in [1.165, 1.54) is 7.11 Å². The summed E-state index contributed by atoms with van der Waals surface area (Å²) in [5, 5.41) is 13.8. The van der Waals surface area contributed by atoms with Gasteiger partial charge in [-0.05, 0) is 31.9 Å². The van der Waals surface area contributed by atoms with Crippen molar-refractivity contribution in [2.45, 2.75) is 25.8 Å². The van der Waals surface area contributed by atoms with Gasteiger partial charge in [0.05, 0.1) is 7.11 Å². The van der Waals surface area contributed by atoms with Crippen LogP contribution in [0.15, 0.2) is 12.1 Å². The van der Waals surface area contributed by atoms with E-state index in [4.69, 9.17) is 21.1 Å². The normalized spacial score (nSPS) is 10.7. The van der Waals surface area contributed by atoms with Crippen molar-refractivity contribution >= 4 is 11.6 Å². The Kier molecular flexibility index (Phi) is 7.63. The fourth-order valence-electron chi connectivity index (χ4n) is 1.81. The lowest BCUT2D eigenvalue weighted by atomic mass is 10.1. The van der Waals surface area contributed by atoms with Crippen LogP contribution in [0.25, 0.3) is 0 Å². The average molecular weight is 288 g/mol. The maximum Gasteiger partial charge on any atom is 0.162 e. The molecule has 1 aromatic carbocycles. The van der Waals surface area contributed by atoms with Crippen molar-refractivity contribution in [1.82, 2.24) is 5.32 Å². The Hall–Kier alpha value is -0.970. The molecule has 0 atom stereocenters. The van der Waals surface area contributed by atoms with Gasteiger partial charge in [0, 0.05) is 36.9 Å². The summed E-state index contributed by atoms with van der Waals surface area (Å²) in [6.07, 6.45) is 3.29. The van der Waals surface area contributed by atoms with E-state index in [9.17, 15) is 5.11 Å². The molecule has 0 aliphatic heterocycles. The quantitative estimate of drug-likeness (QED) is 0.686. The number of methoxy groups -OCH3 is 2. The van der Waals surface area contributed by atoms with Gasteiger partial charge in [0.15, 0.2) is 11.5 Å². The molecule has 0 aromatic heterocycles. The van der Waals surface area contributed by atoms with Gasteiger partial charge in [0.1, 0.15) is 0 Å². The average Bonchev–Trinajstić information content (AvgIpc) is 2.41. The SMILES string of the molecule is COCCCCCNCc1cc(Cl)cc(OC)c1O. The second-order valence-electron chi connectivity index (χ2n) is 4.35. The van der Waals surface area contributed by atoms with Crippen LogP contribution in [0.3, 0.4) is 0 Å². The Morgan fingerprint density at radius 1 is 1.21 bits per heavy atom. The number of unbranched alkanes of at least 4 members (excludes halogenated alkanes) is 2. The lowest BCUT2D eigenvalue weighted by Gasteiger charge is -2.11. The van der Waals surface area contributed by atoms with Gasteiger partial charge in [-0.15, -0.1) is 0 Å². The zero-order valence-electron chi connectivity index (χ0n) is 11.5. The molecule has 0 unspecified atom stereocenters. The summed E-state index contributed by atoms with van der Waals surface area (Å²) in [6.45, 7) is 2.29. The van der Waals surface area contributed by atoms with E-state index in [0.29, 0.717) is 17.3 Å². The van der Waals surface area contributed by atoms with Crippen LogP contribution in [0.4, 0.5) is 0 Å². The van der Waals surface area contributed by atoms with Crippen molar-refractivity contribution in [3.8, 4) is 11.5 Å². The van der Waals surface area contributed by atoms with Crippen LogP contribution in [0, 0.1) is 0 Å². The largest absolute Gasteiger partial charge is 0.504 e. The molecule has 0 fully saturated rings. The summed E-state index contributed by atoms with van der Waals surface area (Å²) >= 11 is 5.97. The zero-order chi connectivity index (χ0) is 14.1. The molecule has 0 bridgehead atoms. The number of benzene rings is 1. The first-order valence-corrected chi connectivity index (χ1v) is 6.82. The van der Waals surface area contributed by atoms with Gasteiger partial charge < -0.3 is 19.9 Å². The number of rotatable bonds is 9. The van der Waals surface area contributed by atoms with Crippen LogP contribution < -0.4 is 10.1 Å². The molecule has 0 amide bonds. The zero-order valence-corrected chi connectivity index (χ0v) is 12.3. The van der Waals surface area contributed by atoms with E-state index in [1.54, 1.807) is 19.2 Å². The summed E-state index contributed by atoms with van der Waals surface area (Å²) in [7, 11) is 3.23. The first-order valence-electron chi connectivity index (χ1n) is 6.44. The van der Waals surface area contributed by atoms with Gasteiger partial charge in [-0.2, -0.15) is 0 Å². The Morgan fingerprint density at radius 3 is 2.68 bits per heavy atom. The van der Waals surface area contributed by atoms with Gasteiger partial charge >= 0.3 is 0 Å². The summed E-state index contributed by atoms with van der Waals surface area (Å²) in [4.78, 5) is 0. The molecule has 0 spiro atoms. The fraction of sp³-hybridized carbons (Fsp3) is 0.571. The first-order chi connectivity index (χ1) is 9.19. The number of hydrogen-bond acceptors (Lipinski definition) is 4. The molecule has 0 radical (unpaired) electrons. The van der Waals surface area contributed by atoms with Crippen molar-refractivity contribution < 1.29 is 14.6 Å². The van der Waals surface area contributed by atoms with E-state index in [0.717, 1.165) is 38.0 Å². The van der Waals surface area contributed by atoms with Gasteiger partial charge in [-0.3, -0.25) is 0 Å². The first kappa shape index (κ1) is 16.1. The van der Waals surface area contributed by atoms with Crippen LogP contribution in [0.5, 0.6) is 11.5 Å². The molecule has 19 heavy (non-hydrogen) atoms. The van der Waals surface area contributed by atoms with Crippen LogP contribution in [0.1, 0.15) is 24.8 Å². The molecular formula is C14H22ClNO3. The minimum absolute atomic E-state index is 0.152. The summed E-state index contributed by atoms with van der Waals surface area (Å²) in [6, 6.07) is 3.35. The molecule has 0 saturated carbocycles. The minimum Gasteiger partial charge on any atom is -0.504 e. The highest BCUT2D eigenvalue weighted by Crippen LogP contribution is 2.33. The van der Waals surface area contributed by atoms with Crippen molar-refractivity contribution in [3.05, 3.63) is 22.7 Å². The Morgan fingerprint density at radius 2 is 2.00 bits per heavy atom. The predicted molar refractivity (Wildman–Crippen MR) is 77.1 cm³/mol. The third-order valence-electron chi connectivity index (χ3n) is 2.86. The maximum atomic E-state index is 9.95. The second-order valence-corrected chi connectivity index (χ2v) is 4.78. The predicted octanol–water partition coefficient (Wildman–Crippen LogP) is 2.96. The maximum absolute atomic E-state index is 9.95.